The largest absolute Gasteiger partial charge is 0.459 e. The van der Waals surface area contributed by atoms with Gasteiger partial charge in [-0.1, -0.05) is 35.1 Å². The van der Waals surface area contributed by atoms with Crippen LogP contribution in [0, 0.1) is 20.8 Å². The molecule has 26 heavy (non-hydrogen) atoms. The number of anilines is 1. The summed E-state index contributed by atoms with van der Waals surface area (Å²) in [6, 6.07) is 6.09. The van der Waals surface area contributed by atoms with Crippen molar-refractivity contribution in [3.05, 3.63) is 45.5 Å². The molecule has 0 bridgehead atoms. The summed E-state index contributed by atoms with van der Waals surface area (Å²) < 4.78 is 10.6. The molecule has 0 aliphatic heterocycles. The van der Waals surface area contributed by atoms with E-state index in [2.05, 4.69) is 16.4 Å². The zero-order valence-corrected chi connectivity index (χ0v) is 16.5. The minimum atomic E-state index is -0.429. The second kappa shape index (κ2) is 8.91. The van der Waals surface area contributed by atoms with E-state index in [9.17, 15) is 9.59 Å². The molecule has 2 aromatic rings. The fourth-order valence-corrected chi connectivity index (χ4v) is 3.19. The Morgan fingerprint density at radius 2 is 1.96 bits per heavy atom. The van der Waals surface area contributed by atoms with Gasteiger partial charge in [0.1, 0.15) is 11.5 Å². The van der Waals surface area contributed by atoms with Crippen molar-refractivity contribution in [1.29, 1.82) is 0 Å². The van der Waals surface area contributed by atoms with E-state index in [1.807, 2.05) is 26.0 Å². The van der Waals surface area contributed by atoms with Crippen LogP contribution in [0.25, 0.3) is 0 Å². The Labute approximate surface area is 157 Å². The number of hydrogen-bond donors (Lipinski definition) is 1. The molecule has 0 atom stereocenters. The first-order valence-corrected chi connectivity index (χ1v) is 9.20. The molecule has 1 amide bonds. The number of rotatable bonds is 7. The molecule has 1 aromatic carbocycles. The van der Waals surface area contributed by atoms with Crippen molar-refractivity contribution in [3.63, 3.8) is 0 Å². The zero-order valence-electron chi connectivity index (χ0n) is 15.7. The van der Waals surface area contributed by atoms with Gasteiger partial charge in [0.15, 0.2) is 5.13 Å². The van der Waals surface area contributed by atoms with Crippen molar-refractivity contribution in [3.8, 4) is 0 Å². The summed E-state index contributed by atoms with van der Waals surface area (Å²) >= 11 is 1.10. The Morgan fingerprint density at radius 3 is 2.62 bits per heavy atom. The van der Waals surface area contributed by atoms with Crippen molar-refractivity contribution in [2.45, 2.75) is 47.3 Å². The molecule has 0 saturated heterocycles. The summed E-state index contributed by atoms with van der Waals surface area (Å²) in [6.07, 6.45) is -0.208. The number of nitrogens with one attached hydrogen (secondary N) is 1. The van der Waals surface area contributed by atoms with Crippen LogP contribution in [-0.2, 0) is 20.9 Å². The second-order valence-corrected chi connectivity index (χ2v) is 7.36. The van der Waals surface area contributed by atoms with E-state index in [4.69, 9.17) is 9.47 Å². The topological polar surface area (TPSA) is 77.5 Å². The number of aromatic nitrogens is 1. The number of hydrogen-bond acceptors (Lipinski definition) is 6. The molecule has 0 radical (unpaired) electrons. The maximum atomic E-state index is 12.0. The second-order valence-electron chi connectivity index (χ2n) is 6.36. The number of benzene rings is 1. The molecule has 1 N–H and O–H groups in total. The lowest BCUT2D eigenvalue weighted by molar-refractivity contribution is -0.121. The SMILES string of the molecule is Cc1ccc(COCC(=O)Nc2nc(C)c(C(=O)OC(C)C)s2)c(C)c1. The number of nitrogens with zero attached hydrogens (tertiary/aromatic N) is 1. The summed E-state index contributed by atoms with van der Waals surface area (Å²) in [7, 11) is 0. The summed E-state index contributed by atoms with van der Waals surface area (Å²) in [5.74, 6) is -0.742. The number of esters is 1. The number of carbonyl (C=O) groups is 2. The highest BCUT2D eigenvalue weighted by Crippen LogP contribution is 2.23. The van der Waals surface area contributed by atoms with Gasteiger partial charge in [-0.3, -0.25) is 10.1 Å². The Hall–Kier alpha value is -2.25. The molecular formula is C19H24N2O4S. The fraction of sp³-hybridized carbons (Fsp3) is 0.421. The van der Waals surface area contributed by atoms with Gasteiger partial charge in [-0.25, -0.2) is 9.78 Å². The smallest absolute Gasteiger partial charge is 0.350 e. The van der Waals surface area contributed by atoms with Crippen LogP contribution >= 0.6 is 11.3 Å². The Balaban J connectivity index is 1.87. The number of carbonyl (C=O) groups excluding carboxylic acids is 2. The van der Waals surface area contributed by atoms with E-state index in [0.29, 0.717) is 22.3 Å². The molecule has 0 spiro atoms. The third-order valence-electron chi connectivity index (χ3n) is 3.56. The summed E-state index contributed by atoms with van der Waals surface area (Å²) in [4.78, 5) is 28.6. The molecule has 2 rings (SSSR count). The lowest BCUT2D eigenvalue weighted by atomic mass is 10.1. The van der Waals surface area contributed by atoms with Crippen LogP contribution in [0.4, 0.5) is 5.13 Å². The van der Waals surface area contributed by atoms with Crippen LogP contribution < -0.4 is 5.32 Å². The normalized spacial score (nSPS) is 10.8. The third-order valence-corrected chi connectivity index (χ3v) is 4.61. The maximum absolute atomic E-state index is 12.0. The lowest BCUT2D eigenvalue weighted by Crippen LogP contribution is -2.18. The van der Waals surface area contributed by atoms with Gasteiger partial charge in [-0.05, 0) is 45.7 Å². The fourth-order valence-electron chi connectivity index (χ4n) is 2.32. The Kier molecular flexibility index (Phi) is 6.88. The van der Waals surface area contributed by atoms with Gasteiger partial charge in [-0.2, -0.15) is 0 Å². The predicted octanol–water partition coefficient (Wildman–Crippen LogP) is 3.79. The summed E-state index contributed by atoms with van der Waals surface area (Å²) in [5.41, 5.74) is 3.91. The predicted molar refractivity (Wildman–Crippen MR) is 102 cm³/mol. The van der Waals surface area contributed by atoms with E-state index < -0.39 is 5.97 Å². The quantitative estimate of drug-likeness (QED) is 0.744. The highest BCUT2D eigenvalue weighted by molar-refractivity contribution is 7.17. The van der Waals surface area contributed by atoms with Crippen LogP contribution in [-0.4, -0.2) is 29.6 Å². The van der Waals surface area contributed by atoms with Crippen molar-refractivity contribution in [2.75, 3.05) is 11.9 Å². The molecule has 7 heteroatoms. The van der Waals surface area contributed by atoms with Crippen LogP contribution in [0.5, 0.6) is 0 Å². The zero-order chi connectivity index (χ0) is 19.3. The average Bonchev–Trinajstić information content (AvgIpc) is 2.89. The molecular weight excluding hydrogens is 352 g/mol. The van der Waals surface area contributed by atoms with Gasteiger partial charge in [0.25, 0.3) is 5.91 Å². The number of thiazole rings is 1. The lowest BCUT2D eigenvalue weighted by Gasteiger charge is -2.08. The van der Waals surface area contributed by atoms with Crippen LogP contribution in [0.1, 0.15) is 45.9 Å². The monoisotopic (exact) mass is 376 g/mol. The van der Waals surface area contributed by atoms with E-state index in [1.54, 1.807) is 20.8 Å². The van der Waals surface area contributed by atoms with Crippen molar-refractivity contribution >= 4 is 28.3 Å². The molecule has 0 unspecified atom stereocenters. The molecule has 140 valence electrons. The average molecular weight is 376 g/mol. The van der Waals surface area contributed by atoms with Crippen molar-refractivity contribution in [1.82, 2.24) is 4.98 Å². The van der Waals surface area contributed by atoms with Gasteiger partial charge < -0.3 is 9.47 Å². The molecule has 0 saturated carbocycles. The van der Waals surface area contributed by atoms with E-state index in [0.717, 1.165) is 22.5 Å². The summed E-state index contributed by atoms with van der Waals surface area (Å²) in [5, 5.41) is 3.02. The van der Waals surface area contributed by atoms with E-state index in [1.165, 1.54) is 5.56 Å². The number of ether oxygens (including phenoxy) is 2. The molecule has 1 aromatic heterocycles. The van der Waals surface area contributed by atoms with Gasteiger partial charge in [-0.15, -0.1) is 0 Å². The van der Waals surface area contributed by atoms with E-state index in [-0.39, 0.29) is 18.6 Å². The van der Waals surface area contributed by atoms with Crippen LogP contribution in [0.2, 0.25) is 0 Å². The molecule has 6 nitrogen and oxygen atoms in total. The van der Waals surface area contributed by atoms with Crippen LogP contribution in [0.3, 0.4) is 0 Å². The number of aryl methyl sites for hydroxylation is 3. The summed E-state index contributed by atoms with van der Waals surface area (Å²) in [6.45, 7) is 9.60. The maximum Gasteiger partial charge on any atom is 0.350 e. The first kappa shape index (κ1) is 20.1. The minimum Gasteiger partial charge on any atom is -0.459 e. The standard InChI is InChI=1S/C19H24N2O4S/c1-11(2)25-18(23)17-14(5)20-19(26-17)21-16(22)10-24-9-15-7-6-12(3)8-13(15)4/h6-8,11H,9-10H2,1-5H3,(H,20,21,22). The van der Waals surface area contributed by atoms with Gasteiger partial charge in [0, 0.05) is 0 Å². The van der Waals surface area contributed by atoms with Gasteiger partial charge >= 0.3 is 5.97 Å². The Morgan fingerprint density at radius 1 is 1.23 bits per heavy atom. The highest BCUT2D eigenvalue weighted by atomic mass is 32.1. The third kappa shape index (κ3) is 5.64. The van der Waals surface area contributed by atoms with Crippen molar-refractivity contribution < 1.29 is 19.1 Å². The van der Waals surface area contributed by atoms with Gasteiger partial charge in [0.05, 0.1) is 18.4 Å². The highest BCUT2D eigenvalue weighted by Gasteiger charge is 2.18. The number of amides is 1. The first-order chi connectivity index (χ1) is 12.3. The van der Waals surface area contributed by atoms with Crippen molar-refractivity contribution in [2.24, 2.45) is 0 Å². The first-order valence-electron chi connectivity index (χ1n) is 8.38. The molecule has 1 heterocycles. The minimum absolute atomic E-state index is 0.0856. The van der Waals surface area contributed by atoms with Crippen LogP contribution in [0.15, 0.2) is 18.2 Å². The molecule has 0 aliphatic carbocycles. The molecule has 0 fully saturated rings. The Bertz CT molecular complexity index is 799. The van der Waals surface area contributed by atoms with E-state index >= 15 is 0 Å². The van der Waals surface area contributed by atoms with Gasteiger partial charge in [0.2, 0.25) is 0 Å². The molecule has 0 aliphatic rings.